The minimum atomic E-state index is -1.04. The maximum absolute atomic E-state index is 13.4. The van der Waals surface area contributed by atoms with Crippen molar-refractivity contribution in [3.63, 3.8) is 0 Å². The van der Waals surface area contributed by atoms with Crippen molar-refractivity contribution in [1.29, 1.82) is 0 Å². The molecular weight excluding hydrogens is 307 g/mol. The molecule has 0 spiro atoms. The van der Waals surface area contributed by atoms with Crippen molar-refractivity contribution in [2.45, 2.75) is 31.8 Å². The van der Waals surface area contributed by atoms with E-state index in [4.69, 9.17) is 0 Å². The number of carbonyl (C=O) groups excluding carboxylic acids is 2. The van der Waals surface area contributed by atoms with Crippen LogP contribution >= 0.6 is 0 Å². The van der Waals surface area contributed by atoms with Crippen LogP contribution in [0.25, 0.3) is 0 Å². The molecule has 1 aliphatic rings. The molecule has 1 atom stereocenters. The van der Waals surface area contributed by atoms with Crippen molar-refractivity contribution >= 4 is 11.9 Å². The Bertz CT molecular complexity index is 763. The smallest absolute Gasteiger partial charge is 0.319 e. The average Bonchev–Trinajstić information content (AvgIpc) is 2.81. The molecule has 1 aliphatic heterocycles. The predicted molar refractivity (Wildman–Crippen MR) is 88.5 cm³/mol. The lowest BCUT2D eigenvalue weighted by molar-refractivity contribution is -0.132. The molecule has 4 nitrogen and oxygen atoms in total. The number of carbonyl (C=O) groups is 2. The number of nitrogens with zero attached hydrogens (tertiary/aromatic N) is 1. The van der Waals surface area contributed by atoms with Crippen molar-refractivity contribution in [3.8, 4) is 0 Å². The molecule has 3 amide bonds. The number of imide groups is 1. The van der Waals surface area contributed by atoms with E-state index >= 15 is 0 Å². The van der Waals surface area contributed by atoms with Gasteiger partial charge < -0.3 is 5.32 Å². The van der Waals surface area contributed by atoms with E-state index in [0.29, 0.717) is 12.0 Å². The highest BCUT2D eigenvalue weighted by Crippen LogP contribution is 2.34. The Labute approximate surface area is 140 Å². The third-order valence-electron chi connectivity index (χ3n) is 4.30. The number of benzene rings is 2. The summed E-state index contributed by atoms with van der Waals surface area (Å²) in [6.45, 7) is 2.03. The second-order valence-electron chi connectivity index (χ2n) is 5.97. The lowest BCUT2D eigenvalue weighted by Crippen LogP contribution is -2.43. The first-order valence-corrected chi connectivity index (χ1v) is 8.01. The van der Waals surface area contributed by atoms with E-state index < -0.39 is 11.6 Å². The van der Waals surface area contributed by atoms with Gasteiger partial charge in [0, 0.05) is 0 Å². The Morgan fingerprint density at radius 1 is 1.08 bits per heavy atom. The number of hydrogen-bond donors (Lipinski definition) is 1. The Balaban J connectivity index is 1.94. The van der Waals surface area contributed by atoms with E-state index in [9.17, 15) is 14.0 Å². The first-order chi connectivity index (χ1) is 11.6. The summed E-state index contributed by atoms with van der Waals surface area (Å²) in [5.74, 6) is -0.674. The second-order valence-corrected chi connectivity index (χ2v) is 5.97. The lowest BCUT2D eigenvalue weighted by atomic mass is 9.85. The van der Waals surface area contributed by atoms with Crippen molar-refractivity contribution in [3.05, 3.63) is 71.5 Å². The average molecular weight is 326 g/mol. The third-order valence-corrected chi connectivity index (χ3v) is 4.30. The number of rotatable bonds is 5. The quantitative estimate of drug-likeness (QED) is 0.854. The van der Waals surface area contributed by atoms with E-state index in [1.54, 1.807) is 12.1 Å². The fraction of sp³-hybridized carbons (Fsp3) is 0.263. The van der Waals surface area contributed by atoms with Gasteiger partial charge in [0.05, 0.1) is 6.54 Å². The Morgan fingerprint density at radius 3 is 2.50 bits per heavy atom. The van der Waals surface area contributed by atoms with Crippen molar-refractivity contribution < 1.29 is 14.0 Å². The Hall–Kier alpha value is -2.69. The Kier molecular flexibility index (Phi) is 4.34. The van der Waals surface area contributed by atoms with Crippen LogP contribution in [-0.4, -0.2) is 16.8 Å². The second kappa shape index (κ2) is 6.43. The largest absolute Gasteiger partial charge is 0.325 e. The van der Waals surface area contributed by atoms with Gasteiger partial charge in [-0.3, -0.25) is 9.69 Å². The molecule has 1 saturated heterocycles. The molecule has 24 heavy (non-hydrogen) atoms. The van der Waals surface area contributed by atoms with Gasteiger partial charge >= 0.3 is 6.03 Å². The van der Waals surface area contributed by atoms with Crippen LogP contribution in [0.4, 0.5) is 9.18 Å². The number of amides is 3. The standard InChI is InChI=1S/C19H19FN2O2/c1-2-11-19(15-8-4-3-5-9-15)17(23)22(18(24)21-19)13-14-7-6-10-16(20)12-14/h3-10,12H,2,11,13H2,1H3,(H,21,24)/t19-/m1/s1. The van der Waals surface area contributed by atoms with Crippen LogP contribution < -0.4 is 5.32 Å². The molecule has 0 radical (unpaired) electrons. The minimum Gasteiger partial charge on any atom is -0.319 e. The number of nitrogens with one attached hydrogen (secondary N) is 1. The van der Waals surface area contributed by atoms with E-state index in [1.807, 2.05) is 37.3 Å². The first-order valence-electron chi connectivity index (χ1n) is 8.01. The predicted octanol–water partition coefficient (Wildman–Crippen LogP) is 3.57. The normalized spacial score (nSPS) is 20.3. The molecule has 0 bridgehead atoms. The summed E-state index contributed by atoms with van der Waals surface area (Å²) >= 11 is 0. The van der Waals surface area contributed by atoms with E-state index in [0.717, 1.165) is 16.9 Å². The van der Waals surface area contributed by atoms with E-state index in [-0.39, 0.29) is 18.3 Å². The zero-order valence-electron chi connectivity index (χ0n) is 13.5. The van der Waals surface area contributed by atoms with Gasteiger partial charge in [-0.25, -0.2) is 9.18 Å². The Morgan fingerprint density at radius 2 is 1.83 bits per heavy atom. The van der Waals surface area contributed by atoms with Gasteiger partial charge in [-0.1, -0.05) is 55.8 Å². The van der Waals surface area contributed by atoms with Gasteiger partial charge in [0.2, 0.25) is 0 Å². The summed E-state index contributed by atoms with van der Waals surface area (Å²) in [5, 5.41) is 2.86. The van der Waals surface area contributed by atoms with Gasteiger partial charge in [-0.05, 0) is 29.7 Å². The van der Waals surface area contributed by atoms with Crippen LogP contribution in [0, 0.1) is 5.82 Å². The SMILES string of the molecule is CCC[C@]1(c2ccccc2)NC(=O)N(Cc2cccc(F)c2)C1=O. The molecule has 0 unspecified atom stereocenters. The number of urea groups is 1. The maximum Gasteiger partial charge on any atom is 0.325 e. The lowest BCUT2D eigenvalue weighted by Gasteiger charge is -2.27. The summed E-state index contributed by atoms with van der Waals surface area (Å²) in [6.07, 6.45) is 1.26. The fourth-order valence-electron chi connectivity index (χ4n) is 3.19. The van der Waals surface area contributed by atoms with Gasteiger partial charge in [0.25, 0.3) is 5.91 Å². The van der Waals surface area contributed by atoms with Crippen LogP contribution in [0.1, 0.15) is 30.9 Å². The first kappa shape index (κ1) is 16.2. The summed E-state index contributed by atoms with van der Waals surface area (Å²) in [7, 11) is 0. The van der Waals surface area contributed by atoms with Crippen LogP contribution in [0.5, 0.6) is 0 Å². The summed E-state index contributed by atoms with van der Waals surface area (Å²) in [4.78, 5) is 26.7. The van der Waals surface area contributed by atoms with E-state index in [2.05, 4.69) is 5.32 Å². The van der Waals surface area contributed by atoms with Crippen molar-refractivity contribution in [2.24, 2.45) is 0 Å². The maximum atomic E-state index is 13.4. The van der Waals surface area contributed by atoms with Crippen LogP contribution in [0.2, 0.25) is 0 Å². The molecule has 2 aromatic rings. The molecule has 1 heterocycles. The highest BCUT2D eigenvalue weighted by Gasteiger charge is 2.51. The van der Waals surface area contributed by atoms with Crippen LogP contribution in [-0.2, 0) is 16.9 Å². The zero-order chi connectivity index (χ0) is 17.2. The highest BCUT2D eigenvalue weighted by atomic mass is 19.1. The fourth-order valence-corrected chi connectivity index (χ4v) is 3.19. The van der Waals surface area contributed by atoms with Gasteiger partial charge in [0.1, 0.15) is 11.4 Å². The molecule has 2 aromatic carbocycles. The molecule has 1 fully saturated rings. The molecular formula is C19H19FN2O2. The monoisotopic (exact) mass is 326 g/mol. The van der Waals surface area contributed by atoms with Gasteiger partial charge in [-0.2, -0.15) is 0 Å². The van der Waals surface area contributed by atoms with Gasteiger partial charge in [-0.15, -0.1) is 0 Å². The number of halogens is 1. The molecule has 124 valence electrons. The van der Waals surface area contributed by atoms with Gasteiger partial charge in [0.15, 0.2) is 0 Å². The summed E-state index contributed by atoms with van der Waals surface area (Å²) in [6, 6.07) is 14.8. The minimum absolute atomic E-state index is 0.0563. The summed E-state index contributed by atoms with van der Waals surface area (Å²) < 4.78 is 13.4. The molecule has 0 aromatic heterocycles. The molecule has 3 rings (SSSR count). The number of hydrogen-bond acceptors (Lipinski definition) is 2. The molecule has 1 N–H and O–H groups in total. The third kappa shape index (κ3) is 2.77. The van der Waals surface area contributed by atoms with Crippen LogP contribution in [0.3, 0.4) is 0 Å². The highest BCUT2D eigenvalue weighted by molar-refractivity contribution is 6.07. The van der Waals surface area contributed by atoms with E-state index in [1.165, 1.54) is 12.1 Å². The molecule has 5 heteroatoms. The molecule has 0 saturated carbocycles. The zero-order valence-corrected chi connectivity index (χ0v) is 13.5. The molecule has 0 aliphatic carbocycles. The van der Waals surface area contributed by atoms with Crippen molar-refractivity contribution in [2.75, 3.05) is 0 Å². The van der Waals surface area contributed by atoms with Crippen LogP contribution in [0.15, 0.2) is 54.6 Å². The topological polar surface area (TPSA) is 49.4 Å². The summed E-state index contributed by atoms with van der Waals surface area (Å²) in [5.41, 5.74) is 0.311. The van der Waals surface area contributed by atoms with Crippen molar-refractivity contribution in [1.82, 2.24) is 10.2 Å².